The molecule has 0 aromatic heterocycles. The molecule has 106 valence electrons. The van der Waals surface area contributed by atoms with Crippen molar-refractivity contribution in [3.05, 3.63) is 35.9 Å². The molecule has 1 fully saturated rings. The summed E-state index contributed by atoms with van der Waals surface area (Å²) in [6.45, 7) is 7.60. The monoisotopic (exact) mass is 282 g/mol. The van der Waals surface area contributed by atoms with Crippen molar-refractivity contribution in [2.75, 3.05) is 0 Å². The first-order chi connectivity index (χ1) is 8.92. The molecular weight excluding hydrogens is 259 g/mol. The Balaban J connectivity index is 2.12. The number of hydrogen-bond acceptors (Lipinski definition) is 3. The van der Waals surface area contributed by atoms with Gasteiger partial charge in [0.15, 0.2) is 0 Å². The second kappa shape index (κ2) is 5.78. The maximum Gasteiger partial charge on any atom is 0.334 e. The van der Waals surface area contributed by atoms with Gasteiger partial charge in [-0.15, -0.1) is 0 Å². The molecule has 2 atom stereocenters. The summed E-state index contributed by atoms with van der Waals surface area (Å²) in [5.74, 6) is 0.310. The fourth-order valence-electron chi connectivity index (χ4n) is 2.36. The van der Waals surface area contributed by atoms with Gasteiger partial charge in [-0.1, -0.05) is 30.3 Å². The van der Waals surface area contributed by atoms with E-state index in [9.17, 15) is 4.57 Å². The van der Waals surface area contributed by atoms with E-state index in [4.69, 9.17) is 9.05 Å². The Morgan fingerprint density at radius 3 is 2.05 bits per heavy atom. The van der Waals surface area contributed by atoms with Crippen molar-refractivity contribution in [3.8, 4) is 0 Å². The van der Waals surface area contributed by atoms with Crippen molar-refractivity contribution in [2.45, 2.75) is 57.9 Å². The lowest BCUT2D eigenvalue weighted by Gasteiger charge is -2.23. The van der Waals surface area contributed by atoms with Crippen molar-refractivity contribution in [1.82, 2.24) is 0 Å². The average molecular weight is 282 g/mol. The smallest absolute Gasteiger partial charge is 0.306 e. The molecule has 4 heteroatoms. The second-order valence-corrected chi connectivity index (χ2v) is 7.83. The highest BCUT2D eigenvalue weighted by molar-refractivity contribution is 7.55. The third kappa shape index (κ3) is 3.68. The van der Waals surface area contributed by atoms with Crippen LogP contribution in [0.25, 0.3) is 0 Å². The van der Waals surface area contributed by atoms with Gasteiger partial charge in [0, 0.05) is 0 Å². The van der Waals surface area contributed by atoms with Crippen LogP contribution in [0, 0.1) is 0 Å². The molecule has 0 unspecified atom stereocenters. The highest BCUT2D eigenvalue weighted by Gasteiger charge is 2.54. The van der Waals surface area contributed by atoms with E-state index in [-0.39, 0.29) is 17.9 Å². The molecule has 0 bridgehead atoms. The Labute approximate surface area is 115 Å². The quantitative estimate of drug-likeness (QED) is 0.716. The van der Waals surface area contributed by atoms with Crippen LogP contribution in [0.15, 0.2) is 30.3 Å². The Hall–Kier alpha value is -0.630. The Bertz CT molecular complexity index is 442. The molecule has 19 heavy (non-hydrogen) atoms. The summed E-state index contributed by atoms with van der Waals surface area (Å²) < 4.78 is 24.3. The average Bonchev–Trinajstić information content (AvgIpc) is 3.08. The molecule has 0 N–H and O–H groups in total. The van der Waals surface area contributed by atoms with Crippen LogP contribution in [0.1, 0.15) is 45.6 Å². The van der Waals surface area contributed by atoms with Crippen molar-refractivity contribution < 1.29 is 13.6 Å². The molecule has 1 aromatic carbocycles. The number of benzene rings is 1. The molecule has 1 aliphatic rings. The maximum absolute atomic E-state index is 12.9. The molecule has 1 aliphatic carbocycles. The predicted octanol–water partition coefficient (Wildman–Crippen LogP) is 4.59. The van der Waals surface area contributed by atoms with Crippen LogP contribution in [0.3, 0.4) is 0 Å². The molecule has 3 nitrogen and oxygen atoms in total. The Morgan fingerprint density at radius 1 is 1.05 bits per heavy atom. The van der Waals surface area contributed by atoms with Gasteiger partial charge >= 0.3 is 7.60 Å². The predicted molar refractivity (Wildman–Crippen MR) is 77.6 cm³/mol. The normalized spacial score (nSPS) is 23.1. The molecule has 1 aromatic rings. The van der Waals surface area contributed by atoms with Crippen LogP contribution < -0.4 is 0 Å². The van der Waals surface area contributed by atoms with Crippen LogP contribution in [0.2, 0.25) is 0 Å². The minimum atomic E-state index is -3.01. The lowest BCUT2D eigenvalue weighted by atomic mass is 10.1. The summed E-state index contributed by atoms with van der Waals surface area (Å²) in [6, 6.07) is 10.2. The Kier molecular flexibility index (Phi) is 4.50. The summed E-state index contributed by atoms with van der Waals surface area (Å²) in [5, 5.41) is 0. The molecule has 2 rings (SSSR count). The summed E-state index contributed by atoms with van der Waals surface area (Å²) in [4.78, 5) is 0. The lowest BCUT2D eigenvalue weighted by molar-refractivity contribution is 0.141. The van der Waals surface area contributed by atoms with E-state index in [1.165, 1.54) is 5.56 Å². The van der Waals surface area contributed by atoms with E-state index >= 15 is 0 Å². The van der Waals surface area contributed by atoms with Crippen molar-refractivity contribution in [1.29, 1.82) is 0 Å². The molecule has 0 saturated heterocycles. The van der Waals surface area contributed by atoms with Gasteiger partial charge in [-0.2, -0.15) is 0 Å². The zero-order valence-electron chi connectivity index (χ0n) is 12.1. The lowest BCUT2D eigenvalue weighted by Crippen LogP contribution is -2.11. The molecule has 1 saturated carbocycles. The Morgan fingerprint density at radius 2 is 1.58 bits per heavy atom. The van der Waals surface area contributed by atoms with E-state index in [1.807, 2.05) is 45.9 Å². The van der Waals surface area contributed by atoms with Crippen LogP contribution in [-0.2, 0) is 13.6 Å². The summed E-state index contributed by atoms with van der Waals surface area (Å²) in [5.41, 5.74) is 1.24. The van der Waals surface area contributed by atoms with Gasteiger partial charge in [0.2, 0.25) is 0 Å². The van der Waals surface area contributed by atoms with Crippen molar-refractivity contribution in [2.24, 2.45) is 0 Å². The molecule has 0 heterocycles. The van der Waals surface area contributed by atoms with Crippen LogP contribution in [0.5, 0.6) is 0 Å². The first-order valence-electron chi connectivity index (χ1n) is 6.94. The van der Waals surface area contributed by atoms with Crippen LogP contribution in [0.4, 0.5) is 0 Å². The SMILES string of the molecule is CC(C)OP(=O)(OC(C)C)[C@H]1C[C@H]1c1ccccc1. The van der Waals surface area contributed by atoms with Gasteiger partial charge < -0.3 is 9.05 Å². The van der Waals surface area contributed by atoms with Gasteiger partial charge in [0.05, 0.1) is 17.9 Å². The molecule has 0 spiro atoms. The standard InChI is InChI=1S/C15H23O3P/c1-11(2)17-19(16,18-12(3)4)15-10-14(15)13-8-6-5-7-9-13/h5-9,11-12,14-15H,10H2,1-4H3/t14-,15-/m0/s1. The summed E-state index contributed by atoms with van der Waals surface area (Å²) >= 11 is 0. The van der Waals surface area contributed by atoms with Gasteiger partial charge in [-0.05, 0) is 45.6 Å². The molecule has 0 aliphatic heterocycles. The van der Waals surface area contributed by atoms with E-state index in [0.717, 1.165) is 6.42 Å². The fourth-order valence-corrected chi connectivity index (χ4v) is 4.99. The van der Waals surface area contributed by atoms with Gasteiger partial charge in [-0.25, -0.2) is 0 Å². The van der Waals surface area contributed by atoms with Crippen molar-refractivity contribution >= 4 is 7.60 Å². The molecule has 0 radical (unpaired) electrons. The second-order valence-electron chi connectivity index (χ2n) is 5.67. The zero-order valence-corrected chi connectivity index (χ0v) is 13.0. The van der Waals surface area contributed by atoms with Crippen LogP contribution in [-0.4, -0.2) is 17.9 Å². The fraction of sp³-hybridized carbons (Fsp3) is 0.600. The minimum Gasteiger partial charge on any atom is -0.306 e. The first-order valence-corrected chi connectivity index (χ1v) is 8.55. The topological polar surface area (TPSA) is 35.5 Å². The van der Waals surface area contributed by atoms with Gasteiger partial charge in [-0.3, -0.25) is 4.57 Å². The van der Waals surface area contributed by atoms with Gasteiger partial charge in [0.1, 0.15) is 0 Å². The first kappa shape index (κ1) is 14.8. The highest BCUT2D eigenvalue weighted by atomic mass is 31.2. The largest absolute Gasteiger partial charge is 0.334 e. The third-order valence-electron chi connectivity index (χ3n) is 3.11. The van der Waals surface area contributed by atoms with Gasteiger partial charge in [0.25, 0.3) is 0 Å². The van der Waals surface area contributed by atoms with E-state index in [1.54, 1.807) is 0 Å². The maximum atomic E-state index is 12.9. The number of hydrogen-bond donors (Lipinski definition) is 0. The van der Waals surface area contributed by atoms with Crippen LogP contribution >= 0.6 is 7.60 Å². The number of rotatable bonds is 6. The van der Waals surface area contributed by atoms with Crippen molar-refractivity contribution in [3.63, 3.8) is 0 Å². The van der Waals surface area contributed by atoms with E-state index < -0.39 is 7.60 Å². The molecule has 0 amide bonds. The molecular formula is C15H23O3P. The zero-order chi connectivity index (χ0) is 14.0. The van der Waals surface area contributed by atoms with E-state index in [0.29, 0.717) is 5.92 Å². The minimum absolute atomic E-state index is 0.0136. The summed E-state index contributed by atoms with van der Waals surface area (Å²) in [6.07, 6.45) is 0.726. The van der Waals surface area contributed by atoms with E-state index in [2.05, 4.69) is 12.1 Å². The summed E-state index contributed by atoms with van der Waals surface area (Å²) in [7, 11) is -3.01. The highest BCUT2D eigenvalue weighted by Crippen LogP contribution is 2.69. The third-order valence-corrected chi connectivity index (χ3v) is 5.92.